The van der Waals surface area contributed by atoms with E-state index in [0.717, 1.165) is 5.56 Å². The van der Waals surface area contributed by atoms with Gasteiger partial charge in [0.25, 0.3) is 5.69 Å². The molecule has 0 spiro atoms. The smallest absolute Gasteiger partial charge is 0.269 e. The second-order valence-electron chi connectivity index (χ2n) is 4.67. The van der Waals surface area contributed by atoms with Gasteiger partial charge in [-0.1, -0.05) is 0 Å². The molecule has 0 fully saturated rings. The van der Waals surface area contributed by atoms with Crippen LogP contribution in [0.5, 0.6) is 5.75 Å². The number of nitrogens with one attached hydrogen (secondary N) is 1. The summed E-state index contributed by atoms with van der Waals surface area (Å²) in [5.41, 5.74) is 1.90. The molecule has 0 aliphatic heterocycles. The van der Waals surface area contributed by atoms with E-state index in [-0.39, 0.29) is 11.6 Å². The molecule has 0 aromatic heterocycles. The van der Waals surface area contributed by atoms with Gasteiger partial charge < -0.3 is 10.1 Å². The Morgan fingerprint density at radius 3 is 2.52 bits per heavy atom. The molecule has 0 unspecified atom stereocenters. The normalized spacial score (nSPS) is 10.5. The molecule has 118 valence electrons. The summed E-state index contributed by atoms with van der Waals surface area (Å²) in [7, 11) is 1.51. The molecular weight excluding hydrogens is 298 g/mol. The highest BCUT2D eigenvalue weighted by molar-refractivity contribution is 5.91. The van der Waals surface area contributed by atoms with Crippen LogP contribution in [0.25, 0.3) is 0 Å². The third-order valence-electron chi connectivity index (χ3n) is 2.96. The fraction of sp³-hybridized carbons (Fsp3) is 0.125. The molecule has 7 heteroatoms. The number of ether oxygens (including phenoxy) is 1. The molecule has 1 amide bonds. The molecule has 0 heterocycles. The molecule has 0 radical (unpaired) electrons. The first-order valence-electron chi connectivity index (χ1n) is 6.74. The van der Waals surface area contributed by atoms with Crippen LogP contribution in [0.2, 0.25) is 0 Å². The molecule has 2 aromatic carbocycles. The minimum absolute atomic E-state index is 0.0274. The number of hydrogen-bond acceptors (Lipinski definition) is 5. The number of anilines is 1. The number of amides is 1. The van der Waals surface area contributed by atoms with Crippen LogP contribution in [0.1, 0.15) is 12.5 Å². The fourth-order valence-electron chi connectivity index (χ4n) is 1.89. The van der Waals surface area contributed by atoms with E-state index in [0.29, 0.717) is 17.1 Å². The van der Waals surface area contributed by atoms with Gasteiger partial charge in [-0.15, -0.1) is 0 Å². The molecule has 2 rings (SSSR count). The lowest BCUT2D eigenvalue weighted by atomic mass is 10.2. The molecule has 0 aliphatic rings. The number of rotatable bonds is 5. The van der Waals surface area contributed by atoms with E-state index < -0.39 is 4.92 Å². The standard InChI is InChI=1S/C16H15N3O4/c1-11(20)18-15-9-13(5-8-16(15)23-2)17-10-12-3-6-14(7-4-12)19(21)22/h3-10H,1-2H3,(H,18,20). The maximum atomic E-state index is 11.2. The van der Waals surface area contributed by atoms with Crippen LogP contribution in [0.3, 0.4) is 0 Å². The molecule has 0 saturated carbocycles. The average Bonchev–Trinajstić information content (AvgIpc) is 2.53. The Bertz CT molecular complexity index is 754. The highest BCUT2D eigenvalue weighted by Crippen LogP contribution is 2.29. The van der Waals surface area contributed by atoms with Crippen molar-refractivity contribution in [3.63, 3.8) is 0 Å². The van der Waals surface area contributed by atoms with Crippen molar-refractivity contribution in [1.29, 1.82) is 0 Å². The molecule has 0 saturated heterocycles. The summed E-state index contributed by atoms with van der Waals surface area (Å²) in [6.45, 7) is 1.41. The van der Waals surface area contributed by atoms with Crippen molar-refractivity contribution in [3.05, 3.63) is 58.1 Å². The second-order valence-corrected chi connectivity index (χ2v) is 4.67. The van der Waals surface area contributed by atoms with E-state index in [9.17, 15) is 14.9 Å². The quantitative estimate of drug-likeness (QED) is 0.520. The highest BCUT2D eigenvalue weighted by Gasteiger charge is 2.06. The van der Waals surface area contributed by atoms with Crippen LogP contribution < -0.4 is 10.1 Å². The maximum Gasteiger partial charge on any atom is 0.269 e. The average molecular weight is 313 g/mol. The van der Waals surface area contributed by atoms with E-state index >= 15 is 0 Å². The Labute approximate surface area is 132 Å². The molecule has 0 aliphatic carbocycles. The van der Waals surface area contributed by atoms with Crippen LogP contribution in [-0.2, 0) is 4.79 Å². The van der Waals surface area contributed by atoms with Gasteiger partial charge >= 0.3 is 0 Å². The SMILES string of the molecule is COc1ccc(N=Cc2ccc([N+](=O)[O-])cc2)cc1NC(C)=O. The third-order valence-corrected chi connectivity index (χ3v) is 2.96. The van der Waals surface area contributed by atoms with Crippen molar-refractivity contribution < 1.29 is 14.5 Å². The van der Waals surface area contributed by atoms with Crippen LogP contribution in [0.4, 0.5) is 17.1 Å². The molecule has 0 atom stereocenters. The van der Waals surface area contributed by atoms with Gasteiger partial charge in [-0.3, -0.25) is 19.9 Å². The zero-order chi connectivity index (χ0) is 16.8. The van der Waals surface area contributed by atoms with E-state index in [2.05, 4.69) is 10.3 Å². The number of methoxy groups -OCH3 is 1. The summed E-state index contributed by atoms with van der Waals surface area (Å²) in [5, 5.41) is 13.3. The number of nitro benzene ring substituents is 1. The van der Waals surface area contributed by atoms with Crippen LogP contribution in [-0.4, -0.2) is 24.2 Å². The number of nitro groups is 1. The first-order chi connectivity index (χ1) is 11.0. The lowest BCUT2D eigenvalue weighted by Gasteiger charge is -2.09. The molecule has 1 N–H and O–H groups in total. The van der Waals surface area contributed by atoms with E-state index in [1.807, 2.05) is 0 Å². The van der Waals surface area contributed by atoms with Gasteiger partial charge in [0.15, 0.2) is 0 Å². The predicted molar refractivity (Wildman–Crippen MR) is 87.6 cm³/mol. The Morgan fingerprint density at radius 1 is 1.26 bits per heavy atom. The van der Waals surface area contributed by atoms with Gasteiger partial charge in [0, 0.05) is 25.3 Å². The summed E-state index contributed by atoms with van der Waals surface area (Å²) in [5.74, 6) is 0.328. The summed E-state index contributed by atoms with van der Waals surface area (Å²) >= 11 is 0. The molecule has 23 heavy (non-hydrogen) atoms. The van der Waals surface area contributed by atoms with Gasteiger partial charge in [0.1, 0.15) is 5.75 Å². The summed E-state index contributed by atoms with van der Waals surface area (Å²) < 4.78 is 5.17. The Balaban J connectivity index is 2.21. The minimum atomic E-state index is -0.454. The van der Waals surface area contributed by atoms with Crippen molar-refractivity contribution in [2.45, 2.75) is 6.92 Å². The maximum absolute atomic E-state index is 11.2. The number of non-ortho nitro benzene ring substituents is 1. The number of hydrogen-bond donors (Lipinski definition) is 1. The number of carbonyl (C=O) groups is 1. The lowest BCUT2D eigenvalue weighted by molar-refractivity contribution is -0.384. The van der Waals surface area contributed by atoms with E-state index in [1.165, 1.54) is 26.2 Å². The largest absolute Gasteiger partial charge is 0.495 e. The van der Waals surface area contributed by atoms with Crippen molar-refractivity contribution in [3.8, 4) is 5.75 Å². The second kappa shape index (κ2) is 7.17. The van der Waals surface area contributed by atoms with Gasteiger partial charge in [-0.25, -0.2) is 0 Å². The fourth-order valence-corrected chi connectivity index (χ4v) is 1.89. The van der Waals surface area contributed by atoms with Crippen molar-refractivity contribution in [2.24, 2.45) is 4.99 Å². The first-order valence-corrected chi connectivity index (χ1v) is 6.74. The van der Waals surface area contributed by atoms with Crippen molar-refractivity contribution >= 4 is 29.2 Å². The monoisotopic (exact) mass is 313 g/mol. The summed E-state index contributed by atoms with van der Waals surface area (Å²) in [6, 6.07) is 11.2. The summed E-state index contributed by atoms with van der Waals surface area (Å²) in [6.07, 6.45) is 1.59. The minimum Gasteiger partial charge on any atom is -0.495 e. The van der Waals surface area contributed by atoms with Gasteiger partial charge in [-0.2, -0.15) is 0 Å². The molecule has 0 bridgehead atoms. The predicted octanol–water partition coefficient (Wildman–Crippen LogP) is 3.31. The van der Waals surface area contributed by atoms with Crippen LogP contribution >= 0.6 is 0 Å². The van der Waals surface area contributed by atoms with Crippen molar-refractivity contribution in [2.75, 3.05) is 12.4 Å². The topological polar surface area (TPSA) is 93.8 Å². The molecular formula is C16H15N3O4. The van der Waals surface area contributed by atoms with E-state index in [4.69, 9.17) is 4.74 Å². The Kier molecular flexibility index (Phi) is 5.03. The zero-order valence-electron chi connectivity index (χ0n) is 12.6. The number of carbonyl (C=O) groups excluding carboxylic acids is 1. The first kappa shape index (κ1) is 16.2. The van der Waals surface area contributed by atoms with Crippen LogP contribution in [0, 0.1) is 10.1 Å². The lowest BCUT2D eigenvalue weighted by Crippen LogP contribution is -2.06. The van der Waals surface area contributed by atoms with Crippen LogP contribution in [0.15, 0.2) is 47.5 Å². The molecule has 7 nitrogen and oxygen atoms in total. The van der Waals surface area contributed by atoms with Gasteiger partial charge in [-0.05, 0) is 35.9 Å². The third kappa shape index (κ3) is 4.37. The Morgan fingerprint density at radius 2 is 1.96 bits per heavy atom. The number of aliphatic imine (C=N–C) groups is 1. The van der Waals surface area contributed by atoms with Gasteiger partial charge in [0.05, 0.1) is 23.4 Å². The van der Waals surface area contributed by atoms with E-state index in [1.54, 1.807) is 36.5 Å². The summed E-state index contributed by atoms with van der Waals surface area (Å²) in [4.78, 5) is 25.6. The Hall–Kier alpha value is -3.22. The highest BCUT2D eigenvalue weighted by atomic mass is 16.6. The molecule has 2 aromatic rings. The zero-order valence-corrected chi connectivity index (χ0v) is 12.6. The number of nitrogens with zero attached hydrogens (tertiary/aromatic N) is 2. The van der Waals surface area contributed by atoms with Gasteiger partial charge in [0.2, 0.25) is 5.91 Å². The number of benzene rings is 2. The van der Waals surface area contributed by atoms with Crippen molar-refractivity contribution in [1.82, 2.24) is 0 Å².